The highest BCUT2D eigenvalue weighted by atomic mass is 19.1. The molecule has 1 aromatic heterocycles. The van der Waals surface area contributed by atoms with Crippen LogP contribution in [0.2, 0.25) is 0 Å². The summed E-state index contributed by atoms with van der Waals surface area (Å²) in [5.41, 5.74) is 2.20. The fraction of sp³-hybridized carbons (Fsp3) is 0.154. The van der Waals surface area contributed by atoms with Gasteiger partial charge in [-0.3, -0.25) is 0 Å². The third-order valence-electron chi connectivity index (χ3n) is 2.45. The molecule has 0 saturated heterocycles. The lowest BCUT2D eigenvalue weighted by atomic mass is 10.1. The molecule has 0 saturated carbocycles. The summed E-state index contributed by atoms with van der Waals surface area (Å²) in [5.74, 6) is 0.286. The van der Waals surface area contributed by atoms with E-state index in [1.165, 1.54) is 6.07 Å². The van der Waals surface area contributed by atoms with Crippen LogP contribution in [0.5, 0.6) is 5.88 Å². The van der Waals surface area contributed by atoms with Crippen LogP contribution in [-0.2, 0) is 0 Å². The molecule has 3 heteroatoms. The number of aromatic nitrogens is 1. The van der Waals surface area contributed by atoms with Gasteiger partial charge in [-0.05, 0) is 36.2 Å². The summed E-state index contributed by atoms with van der Waals surface area (Å²) < 4.78 is 18.6. The van der Waals surface area contributed by atoms with Crippen molar-refractivity contribution >= 4 is 0 Å². The molecule has 0 N–H and O–H groups in total. The predicted molar refractivity (Wildman–Crippen MR) is 60.9 cm³/mol. The fourth-order valence-corrected chi connectivity index (χ4v) is 1.53. The largest absolute Gasteiger partial charge is 0.481 e. The Hall–Kier alpha value is -1.90. The predicted octanol–water partition coefficient (Wildman–Crippen LogP) is 3.20. The summed E-state index contributed by atoms with van der Waals surface area (Å²) in [6.45, 7) is 1.74. The molecule has 2 aromatic rings. The van der Waals surface area contributed by atoms with Crippen LogP contribution in [0.4, 0.5) is 4.39 Å². The molecule has 0 radical (unpaired) electrons. The Balaban J connectivity index is 2.54. The van der Waals surface area contributed by atoms with Gasteiger partial charge in [-0.15, -0.1) is 0 Å². The van der Waals surface area contributed by atoms with E-state index in [4.69, 9.17) is 4.74 Å². The van der Waals surface area contributed by atoms with Crippen LogP contribution in [0, 0.1) is 12.7 Å². The highest BCUT2D eigenvalue weighted by Gasteiger charge is 2.07. The van der Waals surface area contributed by atoms with E-state index in [1.807, 2.05) is 12.1 Å². The zero-order valence-electron chi connectivity index (χ0n) is 9.20. The van der Waals surface area contributed by atoms with Crippen LogP contribution < -0.4 is 4.74 Å². The molecule has 82 valence electrons. The van der Waals surface area contributed by atoms with Gasteiger partial charge in [0.1, 0.15) is 5.82 Å². The van der Waals surface area contributed by atoms with Crippen molar-refractivity contribution in [2.45, 2.75) is 6.92 Å². The van der Waals surface area contributed by atoms with E-state index in [0.29, 0.717) is 11.4 Å². The van der Waals surface area contributed by atoms with Crippen LogP contribution in [0.1, 0.15) is 5.56 Å². The lowest BCUT2D eigenvalue weighted by Gasteiger charge is -2.07. The Morgan fingerprint density at radius 3 is 2.75 bits per heavy atom. The van der Waals surface area contributed by atoms with E-state index in [-0.39, 0.29) is 5.82 Å². The van der Waals surface area contributed by atoms with E-state index >= 15 is 0 Å². The Kier molecular flexibility index (Phi) is 2.86. The molecule has 0 aliphatic rings. The van der Waals surface area contributed by atoms with Crippen LogP contribution in [0.25, 0.3) is 11.1 Å². The number of benzene rings is 1. The molecule has 16 heavy (non-hydrogen) atoms. The molecule has 2 nitrogen and oxygen atoms in total. The molecule has 0 amide bonds. The lowest BCUT2D eigenvalue weighted by Crippen LogP contribution is -1.91. The van der Waals surface area contributed by atoms with Crippen LogP contribution in [0.15, 0.2) is 36.5 Å². The number of aryl methyl sites for hydroxylation is 1. The van der Waals surface area contributed by atoms with Crippen molar-refractivity contribution < 1.29 is 9.13 Å². The molecule has 0 unspecified atom stereocenters. The summed E-state index contributed by atoms with van der Waals surface area (Å²) >= 11 is 0. The topological polar surface area (TPSA) is 22.1 Å². The minimum atomic E-state index is -0.219. The quantitative estimate of drug-likeness (QED) is 0.770. The van der Waals surface area contributed by atoms with Crippen LogP contribution in [0.3, 0.4) is 0 Å². The number of ether oxygens (including phenoxy) is 1. The summed E-state index contributed by atoms with van der Waals surface area (Å²) in [6, 6.07) is 8.76. The van der Waals surface area contributed by atoms with Crippen molar-refractivity contribution in [1.82, 2.24) is 4.98 Å². The third kappa shape index (κ3) is 1.89. The van der Waals surface area contributed by atoms with E-state index in [1.54, 1.807) is 32.4 Å². The third-order valence-corrected chi connectivity index (χ3v) is 2.45. The van der Waals surface area contributed by atoms with Gasteiger partial charge in [0.15, 0.2) is 0 Å². The van der Waals surface area contributed by atoms with Crippen molar-refractivity contribution in [3.63, 3.8) is 0 Å². The maximum atomic E-state index is 13.4. The monoisotopic (exact) mass is 217 g/mol. The summed E-state index contributed by atoms with van der Waals surface area (Å²) in [7, 11) is 1.55. The molecule has 0 aliphatic heterocycles. The first-order chi connectivity index (χ1) is 7.72. The molecule has 0 fully saturated rings. The molecule has 0 spiro atoms. The zero-order valence-corrected chi connectivity index (χ0v) is 9.20. The van der Waals surface area contributed by atoms with Crippen molar-refractivity contribution in [2.75, 3.05) is 7.11 Å². The first-order valence-electron chi connectivity index (χ1n) is 4.98. The van der Waals surface area contributed by atoms with Gasteiger partial charge in [-0.25, -0.2) is 9.37 Å². The van der Waals surface area contributed by atoms with Crippen LogP contribution >= 0.6 is 0 Å². The Morgan fingerprint density at radius 2 is 2.06 bits per heavy atom. The minimum Gasteiger partial charge on any atom is -0.481 e. The van der Waals surface area contributed by atoms with Gasteiger partial charge >= 0.3 is 0 Å². The average molecular weight is 217 g/mol. The van der Waals surface area contributed by atoms with Crippen molar-refractivity contribution in [1.29, 1.82) is 0 Å². The van der Waals surface area contributed by atoms with Gasteiger partial charge in [0.05, 0.1) is 7.11 Å². The first kappa shape index (κ1) is 10.6. The average Bonchev–Trinajstić information content (AvgIpc) is 2.32. The number of hydrogen-bond acceptors (Lipinski definition) is 2. The highest BCUT2D eigenvalue weighted by molar-refractivity contribution is 5.68. The standard InChI is InChI=1S/C13H12FNO/c1-9-5-6-10(8-12(9)14)11-4-3-7-15-13(11)16-2/h3-8H,1-2H3. The molecular weight excluding hydrogens is 205 g/mol. The van der Waals surface area contributed by atoms with E-state index in [0.717, 1.165) is 11.1 Å². The normalized spacial score (nSPS) is 10.2. The summed E-state index contributed by atoms with van der Waals surface area (Å²) in [4.78, 5) is 4.08. The molecule has 1 aromatic carbocycles. The van der Waals surface area contributed by atoms with E-state index in [9.17, 15) is 4.39 Å². The second-order valence-electron chi connectivity index (χ2n) is 3.52. The molecule has 0 atom stereocenters. The van der Waals surface area contributed by atoms with Gasteiger partial charge in [0.2, 0.25) is 5.88 Å². The van der Waals surface area contributed by atoms with Gasteiger partial charge in [-0.1, -0.05) is 12.1 Å². The van der Waals surface area contributed by atoms with E-state index in [2.05, 4.69) is 4.98 Å². The fourth-order valence-electron chi connectivity index (χ4n) is 1.53. The second kappa shape index (κ2) is 4.31. The number of nitrogens with zero attached hydrogens (tertiary/aromatic N) is 1. The Bertz CT molecular complexity index is 511. The first-order valence-corrected chi connectivity index (χ1v) is 4.98. The minimum absolute atomic E-state index is 0.219. The molecule has 0 bridgehead atoms. The smallest absolute Gasteiger partial charge is 0.221 e. The Morgan fingerprint density at radius 1 is 1.25 bits per heavy atom. The molecule has 0 aliphatic carbocycles. The number of halogens is 1. The maximum Gasteiger partial charge on any atom is 0.221 e. The van der Waals surface area contributed by atoms with Crippen LogP contribution in [-0.4, -0.2) is 12.1 Å². The van der Waals surface area contributed by atoms with Crippen molar-refractivity contribution in [2.24, 2.45) is 0 Å². The van der Waals surface area contributed by atoms with Crippen molar-refractivity contribution in [3.05, 3.63) is 47.9 Å². The Labute approximate surface area is 93.7 Å². The zero-order chi connectivity index (χ0) is 11.5. The van der Waals surface area contributed by atoms with Gasteiger partial charge in [-0.2, -0.15) is 0 Å². The number of hydrogen-bond donors (Lipinski definition) is 0. The van der Waals surface area contributed by atoms with Crippen molar-refractivity contribution in [3.8, 4) is 17.0 Å². The van der Waals surface area contributed by atoms with E-state index < -0.39 is 0 Å². The highest BCUT2D eigenvalue weighted by Crippen LogP contribution is 2.28. The molecule has 2 rings (SSSR count). The maximum absolute atomic E-state index is 13.4. The lowest BCUT2D eigenvalue weighted by molar-refractivity contribution is 0.399. The summed E-state index contributed by atoms with van der Waals surface area (Å²) in [5, 5.41) is 0. The molecule has 1 heterocycles. The van der Waals surface area contributed by atoms with Gasteiger partial charge < -0.3 is 4.74 Å². The number of methoxy groups -OCH3 is 1. The van der Waals surface area contributed by atoms with Gasteiger partial charge in [0, 0.05) is 11.8 Å². The van der Waals surface area contributed by atoms with Gasteiger partial charge in [0.25, 0.3) is 0 Å². The molecular formula is C13H12FNO. The summed E-state index contributed by atoms with van der Waals surface area (Å²) in [6.07, 6.45) is 1.65. The second-order valence-corrected chi connectivity index (χ2v) is 3.52. The SMILES string of the molecule is COc1ncccc1-c1ccc(C)c(F)c1. The number of pyridine rings is 1. The number of rotatable bonds is 2.